The van der Waals surface area contributed by atoms with Crippen molar-refractivity contribution >= 4 is 22.9 Å². The first-order chi connectivity index (χ1) is 15.1. The van der Waals surface area contributed by atoms with Gasteiger partial charge in [-0.1, -0.05) is 22.4 Å². The third-order valence-electron chi connectivity index (χ3n) is 4.58. The highest BCUT2D eigenvalue weighted by atomic mass is 16.5. The summed E-state index contributed by atoms with van der Waals surface area (Å²) in [6.45, 7) is 0.191. The smallest absolute Gasteiger partial charge is 0.321 e. The van der Waals surface area contributed by atoms with Crippen LogP contribution in [-0.4, -0.2) is 37.7 Å². The van der Waals surface area contributed by atoms with E-state index in [2.05, 4.69) is 20.9 Å². The second kappa shape index (κ2) is 8.66. The van der Waals surface area contributed by atoms with Crippen LogP contribution >= 0.6 is 0 Å². The number of ether oxygens (including phenoxy) is 3. The molecule has 0 radical (unpaired) electrons. The Bertz CT molecular complexity index is 1190. The van der Waals surface area contributed by atoms with Crippen LogP contribution in [0.5, 0.6) is 17.2 Å². The Morgan fingerprint density at radius 1 is 0.968 bits per heavy atom. The molecule has 0 atom stereocenters. The molecule has 0 bridgehead atoms. The van der Waals surface area contributed by atoms with E-state index in [0.29, 0.717) is 39.8 Å². The molecule has 0 aliphatic carbocycles. The summed E-state index contributed by atoms with van der Waals surface area (Å²) in [5, 5.41) is 14.1. The molecule has 0 unspecified atom stereocenters. The highest BCUT2D eigenvalue weighted by Crippen LogP contribution is 2.41. The van der Waals surface area contributed by atoms with Crippen molar-refractivity contribution in [3.63, 3.8) is 0 Å². The van der Waals surface area contributed by atoms with Gasteiger partial charge in [-0.25, -0.2) is 4.79 Å². The number of fused-ring (bicyclic) bond motifs is 1. The normalized spacial score (nSPS) is 10.7. The zero-order chi connectivity index (χ0) is 21.8. The van der Waals surface area contributed by atoms with Crippen molar-refractivity contribution in [1.82, 2.24) is 15.6 Å². The molecule has 2 heterocycles. The molecule has 0 spiro atoms. The first kappa shape index (κ1) is 20.1. The zero-order valence-corrected chi connectivity index (χ0v) is 17.1. The Balaban J connectivity index is 1.45. The molecule has 31 heavy (non-hydrogen) atoms. The average molecular weight is 424 g/mol. The molecular weight excluding hydrogens is 404 g/mol. The highest BCUT2D eigenvalue weighted by Gasteiger charge is 2.17. The fourth-order valence-electron chi connectivity index (χ4n) is 3.08. The van der Waals surface area contributed by atoms with Crippen molar-refractivity contribution in [2.75, 3.05) is 26.6 Å². The van der Waals surface area contributed by atoms with Crippen molar-refractivity contribution in [2.24, 2.45) is 0 Å². The average Bonchev–Trinajstić information content (AvgIpc) is 3.43. The molecule has 0 aliphatic heterocycles. The van der Waals surface area contributed by atoms with E-state index in [1.807, 2.05) is 24.3 Å². The summed E-state index contributed by atoms with van der Waals surface area (Å²) < 4.78 is 26.5. The van der Waals surface area contributed by atoms with E-state index in [1.165, 1.54) is 21.3 Å². The van der Waals surface area contributed by atoms with Crippen molar-refractivity contribution in [3.05, 3.63) is 48.2 Å². The monoisotopic (exact) mass is 424 g/mol. The van der Waals surface area contributed by atoms with Crippen LogP contribution in [-0.2, 0) is 6.54 Å². The SMILES string of the molecule is COc1cc(-c2cc(NC(=O)NCc3noc4ccccc34)on2)cc(OC)c1OC. The molecule has 2 N–H and O–H groups in total. The number of benzene rings is 2. The number of nitrogens with one attached hydrogen (secondary N) is 2. The number of anilines is 1. The minimum atomic E-state index is -0.473. The van der Waals surface area contributed by atoms with Gasteiger partial charge in [-0.2, -0.15) is 0 Å². The number of para-hydroxylation sites is 1. The van der Waals surface area contributed by atoms with Crippen molar-refractivity contribution in [1.29, 1.82) is 0 Å². The van der Waals surface area contributed by atoms with E-state index in [1.54, 1.807) is 18.2 Å². The molecule has 4 aromatic rings. The number of carbonyl (C=O) groups is 1. The third kappa shape index (κ3) is 4.08. The Labute approximate surface area is 177 Å². The molecule has 0 saturated heterocycles. The van der Waals surface area contributed by atoms with E-state index >= 15 is 0 Å². The van der Waals surface area contributed by atoms with Gasteiger partial charge >= 0.3 is 6.03 Å². The number of carbonyl (C=O) groups excluding carboxylic acids is 1. The largest absolute Gasteiger partial charge is 0.493 e. The number of aromatic nitrogens is 2. The number of methoxy groups -OCH3 is 3. The van der Waals surface area contributed by atoms with Gasteiger partial charge in [-0.15, -0.1) is 0 Å². The highest BCUT2D eigenvalue weighted by molar-refractivity contribution is 5.89. The van der Waals surface area contributed by atoms with Gasteiger partial charge in [0.25, 0.3) is 0 Å². The number of nitrogens with zero attached hydrogens (tertiary/aromatic N) is 2. The molecule has 2 aromatic heterocycles. The zero-order valence-electron chi connectivity index (χ0n) is 17.1. The van der Waals surface area contributed by atoms with Gasteiger partial charge in [0.1, 0.15) is 11.4 Å². The van der Waals surface area contributed by atoms with E-state index in [-0.39, 0.29) is 12.4 Å². The van der Waals surface area contributed by atoms with Gasteiger partial charge < -0.3 is 28.6 Å². The van der Waals surface area contributed by atoms with Gasteiger partial charge in [0.2, 0.25) is 11.6 Å². The summed E-state index contributed by atoms with van der Waals surface area (Å²) in [5.41, 5.74) is 2.43. The number of amides is 2. The van der Waals surface area contributed by atoms with Crippen LogP contribution in [0, 0.1) is 0 Å². The standard InChI is InChI=1S/C21H20N4O6/c1-27-17-8-12(9-18(28-2)20(17)29-3)14-10-19(31-24-14)23-21(26)22-11-15-13-6-4-5-7-16(13)30-25-15/h4-10H,11H2,1-3H3,(H2,22,23,26). The van der Waals surface area contributed by atoms with E-state index in [9.17, 15) is 4.79 Å². The molecule has 10 heteroatoms. The predicted octanol–water partition coefficient (Wildman–Crippen LogP) is 3.83. The van der Waals surface area contributed by atoms with Crippen molar-refractivity contribution in [2.45, 2.75) is 6.54 Å². The molecule has 2 amide bonds. The fraction of sp³-hybridized carbons (Fsp3) is 0.190. The first-order valence-corrected chi connectivity index (χ1v) is 9.28. The molecule has 0 fully saturated rings. The maximum atomic E-state index is 12.2. The second-order valence-corrected chi connectivity index (χ2v) is 6.42. The van der Waals surface area contributed by atoms with Crippen LogP contribution in [0.25, 0.3) is 22.2 Å². The van der Waals surface area contributed by atoms with E-state index < -0.39 is 6.03 Å². The molecule has 4 rings (SSSR count). The summed E-state index contributed by atoms with van der Waals surface area (Å²) in [7, 11) is 4.58. The summed E-state index contributed by atoms with van der Waals surface area (Å²) in [6.07, 6.45) is 0. The first-order valence-electron chi connectivity index (χ1n) is 9.28. The Morgan fingerprint density at radius 3 is 2.42 bits per heavy atom. The van der Waals surface area contributed by atoms with Gasteiger partial charge in [-0.3, -0.25) is 5.32 Å². The quantitative estimate of drug-likeness (QED) is 0.459. The number of rotatable bonds is 7. The van der Waals surface area contributed by atoms with Crippen molar-refractivity contribution < 1.29 is 28.1 Å². The minimum absolute atomic E-state index is 0.172. The molecule has 10 nitrogen and oxygen atoms in total. The molecule has 2 aromatic carbocycles. The van der Waals surface area contributed by atoms with E-state index in [4.69, 9.17) is 23.3 Å². The fourth-order valence-corrected chi connectivity index (χ4v) is 3.08. The Hall–Kier alpha value is -4.21. The Kier molecular flexibility index (Phi) is 5.61. The number of hydrogen-bond acceptors (Lipinski definition) is 8. The van der Waals surface area contributed by atoms with Gasteiger partial charge in [0, 0.05) is 17.0 Å². The third-order valence-corrected chi connectivity index (χ3v) is 4.58. The second-order valence-electron chi connectivity index (χ2n) is 6.42. The summed E-state index contributed by atoms with van der Waals surface area (Å²) in [4.78, 5) is 12.2. The lowest BCUT2D eigenvalue weighted by atomic mass is 10.1. The lowest BCUT2D eigenvalue weighted by molar-refractivity contribution is 0.250. The number of hydrogen-bond donors (Lipinski definition) is 2. The van der Waals surface area contributed by atoms with Crippen LogP contribution in [0.1, 0.15) is 5.69 Å². The Morgan fingerprint density at radius 2 is 1.71 bits per heavy atom. The molecule has 0 aliphatic rings. The van der Waals surface area contributed by atoms with Crippen molar-refractivity contribution in [3.8, 4) is 28.5 Å². The van der Waals surface area contributed by atoms with Gasteiger partial charge in [-0.05, 0) is 24.3 Å². The van der Waals surface area contributed by atoms with E-state index in [0.717, 1.165) is 5.39 Å². The predicted molar refractivity (Wildman–Crippen MR) is 111 cm³/mol. The lowest BCUT2D eigenvalue weighted by Crippen LogP contribution is -2.28. The topological polar surface area (TPSA) is 121 Å². The van der Waals surface area contributed by atoms with Gasteiger partial charge in [0.05, 0.1) is 27.9 Å². The lowest BCUT2D eigenvalue weighted by Gasteiger charge is -2.13. The minimum Gasteiger partial charge on any atom is -0.493 e. The maximum absolute atomic E-state index is 12.2. The van der Waals surface area contributed by atoms with Crippen LogP contribution < -0.4 is 24.8 Å². The summed E-state index contributed by atoms with van der Waals surface area (Å²) >= 11 is 0. The van der Waals surface area contributed by atoms with Crippen LogP contribution in [0.4, 0.5) is 10.7 Å². The van der Waals surface area contributed by atoms with Crippen LogP contribution in [0.3, 0.4) is 0 Å². The molecule has 160 valence electrons. The number of urea groups is 1. The van der Waals surface area contributed by atoms with Crippen LogP contribution in [0.2, 0.25) is 0 Å². The summed E-state index contributed by atoms with van der Waals surface area (Å²) in [6, 6.07) is 12.0. The van der Waals surface area contributed by atoms with Crippen LogP contribution in [0.15, 0.2) is 51.5 Å². The van der Waals surface area contributed by atoms with Gasteiger partial charge in [0.15, 0.2) is 17.1 Å². The maximum Gasteiger partial charge on any atom is 0.321 e. The molecular formula is C21H20N4O6. The summed E-state index contributed by atoms with van der Waals surface area (Å²) in [5.74, 6) is 1.60. The molecule has 0 saturated carbocycles.